The minimum absolute atomic E-state index is 0.0651. The number of carboxylic acids is 1. The van der Waals surface area contributed by atoms with Crippen LogP contribution < -0.4 is 4.74 Å². The molecule has 0 radical (unpaired) electrons. The first-order chi connectivity index (χ1) is 6.16. The Hall–Kier alpha value is -0.990. The monoisotopic (exact) mass is 260 g/mol. The molecule has 1 aromatic heterocycles. The molecule has 1 N–H and O–H groups in total. The highest BCUT2D eigenvalue weighted by molar-refractivity contribution is 9.10. The summed E-state index contributed by atoms with van der Waals surface area (Å²) < 4.78 is 5.68. The van der Waals surface area contributed by atoms with Gasteiger partial charge in [-0.25, -0.2) is 4.79 Å². The third kappa shape index (κ3) is 2.23. The number of aromatic carboxylic acids is 1. The molecule has 0 spiro atoms. The number of rotatable bonds is 3. The maximum atomic E-state index is 10.7. The molecule has 0 aliphatic carbocycles. The van der Waals surface area contributed by atoms with Crippen LogP contribution >= 0.6 is 27.3 Å². The summed E-state index contributed by atoms with van der Waals surface area (Å²) in [5.41, 5.74) is 0. The van der Waals surface area contributed by atoms with Crippen LogP contribution in [0.25, 0.3) is 0 Å². The van der Waals surface area contributed by atoms with Crippen LogP contribution in [0, 0.1) is 12.3 Å². The Labute approximate surface area is 87.5 Å². The van der Waals surface area contributed by atoms with Crippen molar-refractivity contribution in [2.45, 2.75) is 0 Å². The van der Waals surface area contributed by atoms with Crippen LogP contribution in [-0.2, 0) is 0 Å². The molecule has 0 atom stereocenters. The number of halogens is 1. The summed E-state index contributed by atoms with van der Waals surface area (Å²) in [4.78, 5) is 10.8. The Morgan fingerprint density at radius 2 is 2.54 bits per heavy atom. The van der Waals surface area contributed by atoms with Crippen LogP contribution in [0.15, 0.2) is 9.85 Å². The van der Waals surface area contributed by atoms with Crippen molar-refractivity contribution in [2.75, 3.05) is 6.61 Å². The molecule has 1 heterocycles. The predicted octanol–water partition coefficient (Wildman–Crippen LogP) is 2.22. The van der Waals surface area contributed by atoms with Gasteiger partial charge in [0.15, 0.2) is 10.6 Å². The lowest BCUT2D eigenvalue weighted by Crippen LogP contribution is -1.99. The molecule has 68 valence electrons. The molecule has 0 bridgehead atoms. The molecule has 13 heavy (non-hydrogen) atoms. The van der Waals surface area contributed by atoms with E-state index in [0.29, 0.717) is 10.2 Å². The molecule has 0 amide bonds. The van der Waals surface area contributed by atoms with E-state index < -0.39 is 5.97 Å². The maximum Gasteiger partial charge on any atom is 0.349 e. The summed E-state index contributed by atoms with van der Waals surface area (Å²) in [6.45, 7) is 0.0651. The van der Waals surface area contributed by atoms with E-state index in [1.165, 1.54) is 0 Å². The number of terminal acetylenes is 1. The normalized spacial score (nSPS) is 9.23. The maximum absolute atomic E-state index is 10.7. The van der Waals surface area contributed by atoms with Gasteiger partial charge < -0.3 is 9.84 Å². The van der Waals surface area contributed by atoms with Crippen molar-refractivity contribution >= 4 is 33.2 Å². The summed E-state index contributed by atoms with van der Waals surface area (Å²) >= 11 is 4.26. The second-order valence-corrected chi connectivity index (χ2v) is 3.77. The van der Waals surface area contributed by atoms with E-state index >= 15 is 0 Å². The van der Waals surface area contributed by atoms with Gasteiger partial charge in [-0.05, 0) is 15.9 Å². The highest BCUT2D eigenvalue weighted by atomic mass is 79.9. The first-order valence-corrected chi connectivity index (χ1v) is 4.90. The van der Waals surface area contributed by atoms with Crippen molar-refractivity contribution in [3.63, 3.8) is 0 Å². The lowest BCUT2D eigenvalue weighted by molar-refractivity contribution is 0.0698. The van der Waals surface area contributed by atoms with Gasteiger partial charge in [0.2, 0.25) is 0 Å². The first-order valence-electron chi connectivity index (χ1n) is 3.23. The molecule has 0 saturated heterocycles. The average molecular weight is 261 g/mol. The molecule has 3 nitrogen and oxygen atoms in total. The highest BCUT2D eigenvalue weighted by Crippen LogP contribution is 2.34. The van der Waals surface area contributed by atoms with Crippen molar-refractivity contribution in [3.8, 4) is 18.1 Å². The fraction of sp³-hybridized carbons (Fsp3) is 0.125. The van der Waals surface area contributed by atoms with E-state index in [1.54, 1.807) is 5.38 Å². The van der Waals surface area contributed by atoms with Gasteiger partial charge in [-0.3, -0.25) is 0 Å². The van der Waals surface area contributed by atoms with E-state index in [1.807, 2.05) is 0 Å². The Bertz CT molecular complexity index is 364. The lowest BCUT2D eigenvalue weighted by Gasteiger charge is -2.01. The molecule has 0 unspecified atom stereocenters. The molecule has 0 saturated carbocycles. The molecule has 0 fully saturated rings. The number of carbonyl (C=O) groups is 1. The van der Waals surface area contributed by atoms with Crippen molar-refractivity contribution < 1.29 is 14.6 Å². The quantitative estimate of drug-likeness (QED) is 0.848. The number of hydrogen-bond donors (Lipinski definition) is 1. The van der Waals surface area contributed by atoms with Gasteiger partial charge in [0.05, 0.1) is 4.47 Å². The molecule has 1 rings (SSSR count). The summed E-state index contributed by atoms with van der Waals surface area (Å²) in [5.74, 6) is 1.56. The van der Waals surface area contributed by atoms with Crippen LogP contribution in [0.2, 0.25) is 0 Å². The van der Waals surface area contributed by atoms with Gasteiger partial charge in [-0.2, -0.15) is 0 Å². The topological polar surface area (TPSA) is 46.5 Å². The minimum atomic E-state index is -1.01. The summed E-state index contributed by atoms with van der Waals surface area (Å²) in [7, 11) is 0. The number of carboxylic acid groups (broad SMARTS) is 1. The average Bonchev–Trinajstić information content (AvgIpc) is 2.43. The van der Waals surface area contributed by atoms with Crippen LogP contribution in [0.3, 0.4) is 0 Å². The zero-order valence-electron chi connectivity index (χ0n) is 6.41. The second kappa shape index (κ2) is 4.30. The molecule has 0 aliphatic rings. The van der Waals surface area contributed by atoms with Crippen LogP contribution in [0.4, 0.5) is 0 Å². The number of hydrogen-bond acceptors (Lipinski definition) is 3. The molecular weight excluding hydrogens is 256 g/mol. The number of thiophene rings is 1. The van der Waals surface area contributed by atoms with Crippen LogP contribution in [0.1, 0.15) is 9.67 Å². The Kier molecular flexibility index (Phi) is 3.34. The molecule has 0 aliphatic heterocycles. The van der Waals surface area contributed by atoms with E-state index in [4.69, 9.17) is 16.3 Å². The minimum Gasteiger partial charge on any atom is -0.478 e. The number of ether oxygens (including phenoxy) is 1. The third-order valence-electron chi connectivity index (χ3n) is 1.20. The Morgan fingerprint density at radius 3 is 3.08 bits per heavy atom. The Morgan fingerprint density at radius 1 is 1.85 bits per heavy atom. The van der Waals surface area contributed by atoms with Gasteiger partial charge in [-0.1, -0.05) is 5.92 Å². The lowest BCUT2D eigenvalue weighted by atomic mass is 10.4. The highest BCUT2D eigenvalue weighted by Gasteiger charge is 2.16. The largest absolute Gasteiger partial charge is 0.478 e. The van der Waals surface area contributed by atoms with Crippen molar-refractivity contribution in [3.05, 3.63) is 14.7 Å². The summed E-state index contributed by atoms with van der Waals surface area (Å²) in [5, 5.41) is 10.4. The van der Waals surface area contributed by atoms with Gasteiger partial charge in [0.1, 0.15) is 6.61 Å². The van der Waals surface area contributed by atoms with Gasteiger partial charge in [-0.15, -0.1) is 17.8 Å². The van der Waals surface area contributed by atoms with Gasteiger partial charge in [0, 0.05) is 5.38 Å². The standard InChI is InChI=1S/C8H5BrO3S/c1-2-3-12-6-5(9)4-13-7(6)8(10)11/h1,4H,3H2,(H,10,11). The summed E-state index contributed by atoms with van der Waals surface area (Å²) in [6.07, 6.45) is 4.99. The molecule has 0 aromatic carbocycles. The molecular formula is C8H5BrO3S. The second-order valence-electron chi connectivity index (χ2n) is 2.04. The smallest absolute Gasteiger partial charge is 0.349 e. The SMILES string of the molecule is C#CCOc1c(Br)csc1C(=O)O. The fourth-order valence-electron chi connectivity index (χ4n) is 0.722. The predicted molar refractivity (Wildman–Crippen MR) is 53.3 cm³/mol. The first kappa shape index (κ1) is 10.1. The zero-order valence-corrected chi connectivity index (χ0v) is 8.81. The van der Waals surface area contributed by atoms with Crippen molar-refractivity contribution in [1.82, 2.24) is 0 Å². The van der Waals surface area contributed by atoms with Gasteiger partial charge in [0.25, 0.3) is 0 Å². The van der Waals surface area contributed by atoms with E-state index in [2.05, 4.69) is 21.9 Å². The van der Waals surface area contributed by atoms with Crippen LogP contribution in [0.5, 0.6) is 5.75 Å². The van der Waals surface area contributed by atoms with Crippen molar-refractivity contribution in [2.24, 2.45) is 0 Å². The summed E-state index contributed by atoms with van der Waals surface area (Å²) in [6, 6.07) is 0. The third-order valence-corrected chi connectivity index (χ3v) is 3.04. The fourth-order valence-corrected chi connectivity index (χ4v) is 2.15. The van der Waals surface area contributed by atoms with Crippen molar-refractivity contribution in [1.29, 1.82) is 0 Å². The van der Waals surface area contributed by atoms with E-state index in [0.717, 1.165) is 11.3 Å². The van der Waals surface area contributed by atoms with Gasteiger partial charge >= 0.3 is 5.97 Å². The van der Waals surface area contributed by atoms with Crippen LogP contribution in [-0.4, -0.2) is 17.7 Å². The zero-order chi connectivity index (χ0) is 9.84. The Balaban J connectivity index is 2.96. The van der Waals surface area contributed by atoms with E-state index in [9.17, 15) is 4.79 Å². The molecule has 5 heteroatoms. The van der Waals surface area contributed by atoms with E-state index in [-0.39, 0.29) is 11.5 Å². The molecule has 1 aromatic rings.